The van der Waals surface area contributed by atoms with E-state index in [2.05, 4.69) is 20.8 Å². The van der Waals surface area contributed by atoms with Crippen LogP contribution in [0.3, 0.4) is 0 Å². The molecule has 0 saturated carbocycles. The lowest BCUT2D eigenvalue weighted by Gasteiger charge is -2.10. The number of nitrogens with zero attached hydrogens (tertiary/aromatic N) is 3. The summed E-state index contributed by atoms with van der Waals surface area (Å²) in [6.07, 6.45) is 1.19. The van der Waals surface area contributed by atoms with Crippen molar-refractivity contribution in [2.45, 2.75) is 9.92 Å². The second kappa shape index (κ2) is 9.33. The van der Waals surface area contributed by atoms with Crippen molar-refractivity contribution in [3.05, 3.63) is 77.1 Å². The molecule has 0 aliphatic rings. The number of carbonyl (C=O) groups is 1. The third kappa shape index (κ3) is 5.17. The van der Waals surface area contributed by atoms with Crippen LogP contribution < -0.4 is 15.6 Å². The zero-order chi connectivity index (χ0) is 19.8. The zero-order valence-corrected chi connectivity index (χ0v) is 15.3. The number of nitrogens with one attached hydrogen (secondary N) is 2. The van der Waals surface area contributed by atoms with E-state index >= 15 is 0 Å². The Bertz CT molecular complexity index is 957. The predicted molar refractivity (Wildman–Crippen MR) is 103 cm³/mol. The number of amides is 1. The van der Waals surface area contributed by atoms with Crippen LogP contribution in [0.15, 0.2) is 76.9 Å². The molecule has 0 aliphatic carbocycles. The normalized spacial score (nSPS) is 10.1. The molecule has 1 heterocycles. The van der Waals surface area contributed by atoms with Gasteiger partial charge in [0.2, 0.25) is 5.82 Å². The van der Waals surface area contributed by atoms with Crippen molar-refractivity contribution >= 4 is 29.2 Å². The highest BCUT2D eigenvalue weighted by molar-refractivity contribution is 7.99. The lowest BCUT2D eigenvalue weighted by molar-refractivity contribution is -0.387. The maximum atomic E-state index is 11.9. The maximum Gasteiger partial charge on any atom is 0.345 e. The van der Waals surface area contributed by atoms with E-state index in [1.54, 1.807) is 24.3 Å². The summed E-state index contributed by atoms with van der Waals surface area (Å²) in [6.45, 7) is -0.262. The van der Waals surface area contributed by atoms with Crippen molar-refractivity contribution < 1.29 is 14.5 Å². The molecule has 2 aromatic carbocycles. The molecule has 3 rings (SSSR count). The van der Waals surface area contributed by atoms with Crippen LogP contribution >= 0.6 is 11.8 Å². The smallest absolute Gasteiger partial charge is 0.345 e. The monoisotopic (exact) mass is 397 g/mol. The predicted octanol–water partition coefficient (Wildman–Crippen LogP) is 3.06. The molecule has 3 aromatic rings. The molecule has 0 unspecified atom stereocenters. The van der Waals surface area contributed by atoms with Gasteiger partial charge in [0.25, 0.3) is 5.91 Å². The van der Waals surface area contributed by atoms with E-state index in [9.17, 15) is 14.9 Å². The Morgan fingerprint density at radius 3 is 2.43 bits per heavy atom. The van der Waals surface area contributed by atoms with E-state index in [4.69, 9.17) is 4.74 Å². The fourth-order valence-corrected chi connectivity index (χ4v) is 3.01. The van der Waals surface area contributed by atoms with Gasteiger partial charge >= 0.3 is 5.69 Å². The quantitative estimate of drug-likeness (QED) is 0.338. The Labute approximate surface area is 164 Å². The number of hydrogen-bond donors (Lipinski definition) is 2. The van der Waals surface area contributed by atoms with Crippen LogP contribution in [0.5, 0.6) is 5.75 Å². The molecule has 1 amide bonds. The number of rotatable bonds is 8. The highest BCUT2D eigenvalue weighted by Gasteiger charge is 2.24. The van der Waals surface area contributed by atoms with Crippen LogP contribution in [-0.4, -0.2) is 27.4 Å². The Kier molecular flexibility index (Phi) is 6.37. The van der Waals surface area contributed by atoms with Gasteiger partial charge in [0, 0.05) is 4.90 Å². The first-order valence-corrected chi connectivity index (χ1v) is 8.90. The summed E-state index contributed by atoms with van der Waals surface area (Å²) in [5.41, 5.74) is 4.48. The van der Waals surface area contributed by atoms with Crippen molar-refractivity contribution in [2.75, 3.05) is 12.0 Å². The Hall–Kier alpha value is -3.66. The van der Waals surface area contributed by atoms with Crippen molar-refractivity contribution in [2.24, 2.45) is 0 Å². The number of anilines is 1. The summed E-state index contributed by atoms with van der Waals surface area (Å²) in [7, 11) is 0. The lowest BCUT2D eigenvalue weighted by atomic mass is 10.3. The molecular formula is C18H15N5O4S. The maximum absolute atomic E-state index is 11.9. The minimum absolute atomic E-state index is 0.119. The number of para-hydroxylation sites is 1. The summed E-state index contributed by atoms with van der Waals surface area (Å²) in [5, 5.41) is 11.7. The van der Waals surface area contributed by atoms with Crippen molar-refractivity contribution in [1.29, 1.82) is 0 Å². The van der Waals surface area contributed by atoms with E-state index in [0.29, 0.717) is 5.75 Å². The molecule has 142 valence electrons. The molecule has 9 nitrogen and oxygen atoms in total. The van der Waals surface area contributed by atoms with Crippen molar-refractivity contribution in [3.8, 4) is 5.75 Å². The van der Waals surface area contributed by atoms with E-state index in [-0.39, 0.29) is 23.1 Å². The molecule has 2 N–H and O–H groups in total. The molecule has 10 heteroatoms. The van der Waals surface area contributed by atoms with Crippen LogP contribution in [0.4, 0.5) is 11.5 Å². The Morgan fingerprint density at radius 2 is 1.75 bits per heavy atom. The Morgan fingerprint density at radius 1 is 1.07 bits per heavy atom. The van der Waals surface area contributed by atoms with Crippen LogP contribution in [-0.2, 0) is 4.79 Å². The number of hydrogen-bond acceptors (Lipinski definition) is 8. The first-order valence-electron chi connectivity index (χ1n) is 8.08. The topological polar surface area (TPSA) is 119 Å². The molecule has 0 fully saturated rings. The van der Waals surface area contributed by atoms with E-state index in [1.165, 1.54) is 6.33 Å². The molecule has 0 radical (unpaired) electrons. The van der Waals surface area contributed by atoms with Gasteiger partial charge in [0.05, 0.1) is 4.92 Å². The Balaban J connectivity index is 1.66. The number of benzene rings is 2. The van der Waals surface area contributed by atoms with Gasteiger partial charge in [-0.05, 0) is 24.3 Å². The summed E-state index contributed by atoms with van der Waals surface area (Å²) in [4.78, 5) is 31.5. The highest BCUT2D eigenvalue weighted by Crippen LogP contribution is 2.35. The van der Waals surface area contributed by atoms with Crippen LogP contribution in [0.2, 0.25) is 0 Å². The van der Waals surface area contributed by atoms with Crippen molar-refractivity contribution in [3.63, 3.8) is 0 Å². The second-order valence-electron chi connectivity index (χ2n) is 5.32. The van der Waals surface area contributed by atoms with E-state index < -0.39 is 10.8 Å². The van der Waals surface area contributed by atoms with Gasteiger partial charge in [-0.3, -0.25) is 25.8 Å². The first kappa shape index (κ1) is 19.1. The van der Waals surface area contributed by atoms with Crippen LogP contribution in [0.25, 0.3) is 0 Å². The average molecular weight is 397 g/mol. The number of carbonyl (C=O) groups excluding carboxylic acids is 1. The van der Waals surface area contributed by atoms with Gasteiger partial charge in [0.1, 0.15) is 12.1 Å². The third-order valence-corrected chi connectivity index (χ3v) is 4.36. The molecule has 0 bridgehead atoms. The summed E-state index contributed by atoms with van der Waals surface area (Å²) < 4.78 is 5.31. The fraction of sp³-hybridized carbons (Fsp3) is 0.0556. The molecule has 1 aromatic heterocycles. The minimum atomic E-state index is -0.597. The molecular weight excluding hydrogens is 382 g/mol. The van der Waals surface area contributed by atoms with Gasteiger partial charge in [-0.1, -0.05) is 48.2 Å². The van der Waals surface area contributed by atoms with Gasteiger partial charge < -0.3 is 4.74 Å². The lowest BCUT2D eigenvalue weighted by Crippen LogP contribution is -2.34. The minimum Gasteiger partial charge on any atom is -0.484 e. The van der Waals surface area contributed by atoms with Gasteiger partial charge in [0.15, 0.2) is 11.6 Å². The van der Waals surface area contributed by atoms with Gasteiger partial charge in [-0.2, -0.15) is 0 Å². The summed E-state index contributed by atoms with van der Waals surface area (Å²) >= 11 is 1.13. The number of nitro groups is 1. The standard InChI is InChI=1S/C18H15N5O4S/c24-15(11-27-13-7-3-1-4-8-13)21-22-17-16(23(25)26)18(20-12-19-17)28-14-9-5-2-6-10-14/h1-10,12H,11H2,(H,21,24)(H,19,20,22). The van der Waals surface area contributed by atoms with E-state index in [0.717, 1.165) is 16.7 Å². The molecule has 0 saturated heterocycles. The first-order chi connectivity index (χ1) is 13.6. The van der Waals surface area contributed by atoms with Crippen molar-refractivity contribution in [1.82, 2.24) is 15.4 Å². The SMILES string of the molecule is O=C(COc1ccccc1)NNc1ncnc(Sc2ccccc2)c1[N+](=O)[O-]. The van der Waals surface area contributed by atoms with Gasteiger partial charge in [-0.25, -0.2) is 9.97 Å². The molecule has 28 heavy (non-hydrogen) atoms. The fourth-order valence-electron chi connectivity index (χ4n) is 2.12. The number of ether oxygens (including phenoxy) is 1. The summed E-state index contributed by atoms with van der Waals surface area (Å²) in [6, 6.07) is 17.9. The zero-order valence-electron chi connectivity index (χ0n) is 14.4. The highest BCUT2D eigenvalue weighted by atomic mass is 32.2. The molecule has 0 atom stereocenters. The van der Waals surface area contributed by atoms with Crippen LogP contribution in [0.1, 0.15) is 0 Å². The van der Waals surface area contributed by atoms with E-state index in [1.807, 2.05) is 36.4 Å². The third-order valence-electron chi connectivity index (χ3n) is 3.36. The number of hydrazine groups is 1. The van der Waals surface area contributed by atoms with Gasteiger partial charge in [-0.15, -0.1) is 0 Å². The largest absolute Gasteiger partial charge is 0.484 e. The average Bonchev–Trinajstić information content (AvgIpc) is 2.72. The molecule has 0 spiro atoms. The van der Waals surface area contributed by atoms with Crippen LogP contribution in [0, 0.1) is 10.1 Å². The molecule has 0 aliphatic heterocycles. The summed E-state index contributed by atoms with van der Waals surface area (Å²) in [5.74, 6) is -0.104. The number of aromatic nitrogens is 2. The second-order valence-corrected chi connectivity index (χ2v) is 6.39.